The Kier molecular flexibility index (Phi) is 5.00. The molecule has 11 heteroatoms. The second-order valence-electron chi connectivity index (χ2n) is 4.70. The predicted molar refractivity (Wildman–Crippen MR) is 89.4 cm³/mol. The van der Waals surface area contributed by atoms with Crippen LogP contribution in [0.5, 0.6) is 0 Å². The maximum atomic E-state index is 13.2. The zero-order chi connectivity index (χ0) is 17.8. The number of carbonyl (C=O) groups is 1. The standard InChI is InChI=1S/C14H10ClFN6O2S/c15-8-3-7(1-2-9(8)16)20-13(17)12-10(21-24-22-12)4-19-14(23)11-5-18-6-25-11/h1-3,5-6H,4H2,(H2,17,20)(H,19,23). The second-order valence-corrected chi connectivity index (χ2v) is 6.00. The van der Waals surface area contributed by atoms with Crippen molar-refractivity contribution < 1.29 is 13.8 Å². The van der Waals surface area contributed by atoms with E-state index < -0.39 is 5.82 Å². The van der Waals surface area contributed by atoms with Gasteiger partial charge in [0.15, 0.2) is 11.5 Å². The van der Waals surface area contributed by atoms with Gasteiger partial charge in [0.05, 0.1) is 29.0 Å². The van der Waals surface area contributed by atoms with Gasteiger partial charge in [-0.25, -0.2) is 14.0 Å². The molecule has 0 saturated heterocycles. The predicted octanol–water partition coefficient (Wildman–Crippen LogP) is 2.29. The van der Waals surface area contributed by atoms with Crippen LogP contribution >= 0.6 is 22.9 Å². The van der Waals surface area contributed by atoms with E-state index in [1.165, 1.54) is 35.7 Å². The number of aliphatic imine (C=N–C) groups is 1. The fraction of sp³-hybridized carbons (Fsp3) is 0.0714. The van der Waals surface area contributed by atoms with Crippen LogP contribution in [0, 0.1) is 5.82 Å². The average molecular weight is 381 g/mol. The number of hydrogen-bond acceptors (Lipinski definition) is 7. The molecular formula is C14H10ClFN6O2S. The molecule has 0 unspecified atom stereocenters. The Morgan fingerprint density at radius 3 is 3.00 bits per heavy atom. The molecule has 2 aromatic heterocycles. The molecular weight excluding hydrogens is 371 g/mol. The average Bonchev–Trinajstić information content (AvgIpc) is 3.27. The molecule has 0 atom stereocenters. The number of aromatic nitrogens is 3. The third-order valence-corrected chi connectivity index (χ3v) is 4.09. The molecule has 0 aliphatic carbocycles. The van der Waals surface area contributed by atoms with E-state index in [4.69, 9.17) is 17.3 Å². The molecule has 2 heterocycles. The number of nitrogens with zero attached hydrogens (tertiary/aromatic N) is 4. The molecule has 3 aromatic rings. The van der Waals surface area contributed by atoms with Crippen LogP contribution in [0.2, 0.25) is 5.02 Å². The zero-order valence-electron chi connectivity index (χ0n) is 12.4. The smallest absolute Gasteiger partial charge is 0.263 e. The summed E-state index contributed by atoms with van der Waals surface area (Å²) < 4.78 is 17.8. The van der Waals surface area contributed by atoms with Crippen molar-refractivity contribution in [3.63, 3.8) is 0 Å². The van der Waals surface area contributed by atoms with E-state index in [0.717, 1.165) is 0 Å². The molecule has 1 amide bonds. The maximum Gasteiger partial charge on any atom is 0.263 e. The van der Waals surface area contributed by atoms with Gasteiger partial charge in [-0.2, -0.15) is 0 Å². The fourth-order valence-corrected chi connectivity index (χ4v) is 2.55. The first kappa shape index (κ1) is 17.0. The molecule has 3 N–H and O–H groups in total. The van der Waals surface area contributed by atoms with Crippen LogP contribution in [0.1, 0.15) is 21.1 Å². The van der Waals surface area contributed by atoms with Crippen molar-refractivity contribution in [3.8, 4) is 0 Å². The summed E-state index contributed by atoms with van der Waals surface area (Å²) in [5.74, 6) is -0.878. The number of rotatable bonds is 5. The first-order chi connectivity index (χ1) is 12.0. The number of amidine groups is 1. The van der Waals surface area contributed by atoms with Crippen molar-refractivity contribution in [2.75, 3.05) is 0 Å². The molecule has 0 aliphatic rings. The molecule has 1 aromatic carbocycles. The Balaban J connectivity index is 1.75. The van der Waals surface area contributed by atoms with E-state index in [-0.39, 0.29) is 29.0 Å². The highest BCUT2D eigenvalue weighted by Gasteiger charge is 2.16. The Hall–Kier alpha value is -2.85. The van der Waals surface area contributed by atoms with Crippen LogP contribution in [0.3, 0.4) is 0 Å². The molecule has 25 heavy (non-hydrogen) atoms. The number of hydrogen-bond donors (Lipinski definition) is 2. The molecule has 8 nitrogen and oxygen atoms in total. The van der Waals surface area contributed by atoms with Crippen LogP contribution in [0.4, 0.5) is 10.1 Å². The van der Waals surface area contributed by atoms with E-state index >= 15 is 0 Å². The van der Waals surface area contributed by atoms with Crippen molar-refractivity contribution in [3.05, 3.63) is 57.0 Å². The first-order valence-electron chi connectivity index (χ1n) is 6.82. The lowest BCUT2D eigenvalue weighted by molar-refractivity contribution is 0.0954. The molecule has 0 saturated carbocycles. The summed E-state index contributed by atoms with van der Waals surface area (Å²) in [5.41, 5.74) is 8.25. The Morgan fingerprint density at radius 2 is 2.28 bits per heavy atom. The highest BCUT2D eigenvalue weighted by Crippen LogP contribution is 2.22. The maximum absolute atomic E-state index is 13.2. The third kappa shape index (κ3) is 3.98. The number of halogens is 2. The molecule has 128 valence electrons. The largest absolute Gasteiger partial charge is 0.382 e. The van der Waals surface area contributed by atoms with Gasteiger partial charge in [0.1, 0.15) is 16.4 Å². The van der Waals surface area contributed by atoms with Gasteiger partial charge >= 0.3 is 0 Å². The van der Waals surface area contributed by atoms with Gasteiger partial charge in [-0.3, -0.25) is 9.78 Å². The summed E-state index contributed by atoms with van der Waals surface area (Å²) in [6, 6.07) is 3.90. The van der Waals surface area contributed by atoms with Crippen molar-refractivity contribution in [1.82, 2.24) is 20.6 Å². The monoisotopic (exact) mass is 380 g/mol. The number of nitrogens with one attached hydrogen (secondary N) is 1. The number of carbonyl (C=O) groups excluding carboxylic acids is 1. The zero-order valence-corrected chi connectivity index (χ0v) is 14.0. The lowest BCUT2D eigenvalue weighted by Gasteiger charge is -2.02. The van der Waals surface area contributed by atoms with Gasteiger partial charge in [-0.05, 0) is 23.4 Å². The minimum absolute atomic E-state index is 0.00837. The second kappa shape index (κ2) is 7.36. The van der Waals surface area contributed by atoms with Crippen LogP contribution in [0.15, 0.2) is 39.5 Å². The summed E-state index contributed by atoms with van der Waals surface area (Å²) in [6.07, 6.45) is 1.45. The number of nitrogens with two attached hydrogens (primary N) is 1. The molecule has 0 bridgehead atoms. The molecule has 0 aliphatic heterocycles. The Bertz CT molecular complexity index is 927. The van der Waals surface area contributed by atoms with Crippen molar-refractivity contribution in [2.24, 2.45) is 10.7 Å². The van der Waals surface area contributed by atoms with E-state index in [2.05, 4.69) is 30.2 Å². The number of benzene rings is 1. The molecule has 3 rings (SSSR count). The van der Waals surface area contributed by atoms with E-state index in [1.54, 1.807) is 5.51 Å². The summed E-state index contributed by atoms with van der Waals surface area (Å²) >= 11 is 6.91. The lowest BCUT2D eigenvalue weighted by atomic mass is 10.2. The third-order valence-electron chi connectivity index (χ3n) is 3.02. The highest BCUT2D eigenvalue weighted by atomic mass is 35.5. The van der Waals surface area contributed by atoms with Gasteiger partial charge < -0.3 is 11.1 Å². The van der Waals surface area contributed by atoms with Crippen molar-refractivity contribution >= 4 is 40.4 Å². The van der Waals surface area contributed by atoms with E-state index in [9.17, 15) is 9.18 Å². The number of thiazole rings is 1. The normalized spacial score (nSPS) is 11.5. The van der Waals surface area contributed by atoms with Crippen molar-refractivity contribution in [1.29, 1.82) is 0 Å². The molecule has 0 fully saturated rings. The van der Waals surface area contributed by atoms with E-state index in [0.29, 0.717) is 16.3 Å². The summed E-state index contributed by atoms with van der Waals surface area (Å²) in [5, 5.41) is 9.96. The van der Waals surface area contributed by atoms with Gasteiger partial charge in [0.25, 0.3) is 5.91 Å². The van der Waals surface area contributed by atoms with Gasteiger partial charge in [-0.1, -0.05) is 16.8 Å². The Morgan fingerprint density at radius 1 is 1.44 bits per heavy atom. The SMILES string of the molecule is NC(=Nc1ccc(F)c(Cl)c1)c1nonc1CNC(=O)c1cncs1. The van der Waals surface area contributed by atoms with Crippen LogP contribution in [-0.4, -0.2) is 27.0 Å². The lowest BCUT2D eigenvalue weighted by Crippen LogP contribution is -2.24. The van der Waals surface area contributed by atoms with Gasteiger partial charge in [0, 0.05) is 0 Å². The van der Waals surface area contributed by atoms with Crippen LogP contribution in [-0.2, 0) is 6.54 Å². The topological polar surface area (TPSA) is 119 Å². The summed E-state index contributed by atoms with van der Waals surface area (Å²) in [6.45, 7) is 0.0377. The Labute approximate surface area is 149 Å². The highest BCUT2D eigenvalue weighted by molar-refractivity contribution is 7.11. The minimum atomic E-state index is -0.561. The first-order valence-corrected chi connectivity index (χ1v) is 8.08. The minimum Gasteiger partial charge on any atom is -0.382 e. The number of amides is 1. The van der Waals surface area contributed by atoms with Gasteiger partial charge in [0.2, 0.25) is 0 Å². The fourth-order valence-electron chi connectivity index (χ4n) is 1.84. The quantitative estimate of drug-likeness (QED) is 0.517. The summed E-state index contributed by atoms with van der Waals surface area (Å²) in [7, 11) is 0. The van der Waals surface area contributed by atoms with Crippen LogP contribution in [0.25, 0.3) is 0 Å². The molecule has 0 radical (unpaired) electrons. The van der Waals surface area contributed by atoms with Gasteiger partial charge in [-0.15, -0.1) is 11.3 Å². The van der Waals surface area contributed by atoms with Crippen LogP contribution < -0.4 is 11.1 Å². The van der Waals surface area contributed by atoms with Crippen molar-refractivity contribution in [2.45, 2.75) is 6.54 Å². The molecule has 0 spiro atoms. The van der Waals surface area contributed by atoms with E-state index in [1.807, 2.05) is 0 Å². The summed E-state index contributed by atoms with van der Waals surface area (Å²) in [4.78, 5) is 20.3.